The van der Waals surface area contributed by atoms with Crippen LogP contribution in [0.25, 0.3) is 0 Å². The predicted octanol–water partition coefficient (Wildman–Crippen LogP) is 4.89. The summed E-state index contributed by atoms with van der Waals surface area (Å²) >= 11 is 0. The SMILES string of the molecule is CCC(C)c1nc(C)c(Cc2ccc(C)cc2)c(N2CCN(C(=O)CC(C)C)CC2)n1. The van der Waals surface area contributed by atoms with E-state index in [4.69, 9.17) is 9.97 Å². The van der Waals surface area contributed by atoms with Crippen molar-refractivity contribution in [3.63, 3.8) is 0 Å². The zero-order valence-electron chi connectivity index (χ0n) is 20.1. The van der Waals surface area contributed by atoms with Crippen LogP contribution in [0.1, 0.15) is 74.7 Å². The fourth-order valence-corrected chi connectivity index (χ4v) is 4.03. The van der Waals surface area contributed by atoms with Crippen LogP contribution in [0, 0.1) is 19.8 Å². The number of rotatable bonds is 7. The van der Waals surface area contributed by atoms with E-state index in [1.807, 2.05) is 4.90 Å². The molecule has 1 fully saturated rings. The van der Waals surface area contributed by atoms with Crippen molar-refractivity contribution in [2.45, 2.75) is 66.7 Å². The molecule has 1 amide bonds. The number of amides is 1. The Kier molecular flexibility index (Phi) is 7.69. The van der Waals surface area contributed by atoms with Crippen molar-refractivity contribution >= 4 is 11.7 Å². The molecule has 2 aromatic rings. The van der Waals surface area contributed by atoms with E-state index in [1.54, 1.807) is 0 Å². The van der Waals surface area contributed by atoms with E-state index >= 15 is 0 Å². The van der Waals surface area contributed by atoms with Gasteiger partial charge in [0.05, 0.1) is 0 Å². The molecule has 1 aromatic carbocycles. The Morgan fingerprint density at radius 1 is 1.00 bits per heavy atom. The monoisotopic (exact) mass is 422 g/mol. The lowest BCUT2D eigenvalue weighted by molar-refractivity contribution is -0.132. The van der Waals surface area contributed by atoms with Crippen molar-refractivity contribution in [2.75, 3.05) is 31.1 Å². The topological polar surface area (TPSA) is 49.3 Å². The molecular weight excluding hydrogens is 384 g/mol. The average molecular weight is 423 g/mol. The second-order valence-corrected chi connectivity index (χ2v) is 9.41. The lowest BCUT2D eigenvalue weighted by Crippen LogP contribution is -2.49. The van der Waals surface area contributed by atoms with Gasteiger partial charge in [-0.05, 0) is 31.7 Å². The maximum atomic E-state index is 12.5. The molecule has 1 aliphatic heterocycles. The van der Waals surface area contributed by atoms with Crippen molar-refractivity contribution in [2.24, 2.45) is 5.92 Å². The summed E-state index contributed by atoms with van der Waals surface area (Å²) < 4.78 is 0. The smallest absolute Gasteiger partial charge is 0.222 e. The van der Waals surface area contributed by atoms with Crippen LogP contribution >= 0.6 is 0 Å². The highest BCUT2D eigenvalue weighted by Crippen LogP contribution is 2.28. The molecule has 2 heterocycles. The largest absolute Gasteiger partial charge is 0.353 e. The minimum atomic E-state index is 0.272. The highest BCUT2D eigenvalue weighted by atomic mass is 16.2. The summed E-state index contributed by atoms with van der Waals surface area (Å²) in [6, 6.07) is 8.73. The van der Waals surface area contributed by atoms with Crippen LogP contribution in [0.15, 0.2) is 24.3 Å². The molecule has 0 N–H and O–H groups in total. The Morgan fingerprint density at radius 2 is 1.65 bits per heavy atom. The van der Waals surface area contributed by atoms with E-state index in [2.05, 4.69) is 70.7 Å². The second kappa shape index (κ2) is 10.3. The van der Waals surface area contributed by atoms with E-state index in [1.165, 1.54) is 16.7 Å². The third kappa shape index (κ3) is 5.84. The number of piperazine rings is 1. The van der Waals surface area contributed by atoms with Gasteiger partial charge in [-0.15, -0.1) is 0 Å². The first-order chi connectivity index (χ1) is 14.8. The van der Waals surface area contributed by atoms with Crippen LogP contribution in [0.5, 0.6) is 0 Å². The average Bonchev–Trinajstić information content (AvgIpc) is 2.75. The van der Waals surface area contributed by atoms with E-state index in [0.717, 1.165) is 56.4 Å². The molecule has 5 nitrogen and oxygen atoms in total. The molecule has 3 rings (SSSR count). The van der Waals surface area contributed by atoms with Gasteiger partial charge >= 0.3 is 0 Å². The number of hydrogen-bond donors (Lipinski definition) is 0. The molecule has 0 aliphatic carbocycles. The van der Waals surface area contributed by atoms with E-state index < -0.39 is 0 Å². The zero-order valence-corrected chi connectivity index (χ0v) is 20.1. The maximum absolute atomic E-state index is 12.5. The van der Waals surface area contributed by atoms with Gasteiger partial charge in [0, 0.05) is 56.2 Å². The molecule has 31 heavy (non-hydrogen) atoms. The van der Waals surface area contributed by atoms with Crippen LogP contribution < -0.4 is 4.90 Å². The molecule has 168 valence electrons. The highest BCUT2D eigenvalue weighted by Gasteiger charge is 2.26. The quantitative estimate of drug-likeness (QED) is 0.637. The summed E-state index contributed by atoms with van der Waals surface area (Å²) in [6.07, 6.45) is 2.48. The number of carbonyl (C=O) groups is 1. The van der Waals surface area contributed by atoms with Gasteiger partial charge in [0.15, 0.2) is 0 Å². The van der Waals surface area contributed by atoms with Crippen molar-refractivity contribution in [3.05, 3.63) is 52.5 Å². The summed E-state index contributed by atoms with van der Waals surface area (Å²) in [5, 5.41) is 0. The first kappa shape index (κ1) is 23.2. The number of aromatic nitrogens is 2. The Balaban J connectivity index is 1.87. The standard InChI is InChI=1S/C26H38N4O/c1-7-20(5)25-27-21(6)23(17-22-10-8-19(4)9-11-22)26(28-25)30-14-12-29(13-15-30)24(31)16-18(2)3/h8-11,18,20H,7,12-17H2,1-6H3. The minimum absolute atomic E-state index is 0.272. The minimum Gasteiger partial charge on any atom is -0.353 e. The van der Waals surface area contributed by atoms with E-state index in [-0.39, 0.29) is 5.91 Å². The van der Waals surface area contributed by atoms with E-state index in [0.29, 0.717) is 18.3 Å². The highest BCUT2D eigenvalue weighted by molar-refractivity contribution is 5.76. The van der Waals surface area contributed by atoms with Gasteiger partial charge in [0.2, 0.25) is 5.91 Å². The number of aryl methyl sites for hydroxylation is 2. The summed E-state index contributed by atoms with van der Waals surface area (Å²) in [4.78, 5) is 26.8. The third-order valence-electron chi connectivity index (χ3n) is 6.28. The molecule has 0 spiro atoms. The Bertz CT molecular complexity index is 883. The number of hydrogen-bond acceptors (Lipinski definition) is 4. The summed E-state index contributed by atoms with van der Waals surface area (Å²) in [5.74, 6) is 2.99. The predicted molar refractivity (Wildman–Crippen MR) is 128 cm³/mol. The lowest BCUT2D eigenvalue weighted by atomic mass is 10.0. The molecule has 5 heteroatoms. The van der Waals surface area contributed by atoms with Crippen LogP contribution in [0.2, 0.25) is 0 Å². The molecule has 0 saturated carbocycles. The first-order valence-electron chi connectivity index (χ1n) is 11.7. The number of benzene rings is 1. The van der Waals surface area contributed by atoms with Crippen molar-refractivity contribution in [1.29, 1.82) is 0 Å². The second-order valence-electron chi connectivity index (χ2n) is 9.41. The van der Waals surface area contributed by atoms with Crippen molar-refractivity contribution < 1.29 is 4.79 Å². The van der Waals surface area contributed by atoms with Gasteiger partial charge in [-0.3, -0.25) is 4.79 Å². The summed E-state index contributed by atoms with van der Waals surface area (Å²) in [7, 11) is 0. The molecule has 1 aliphatic rings. The van der Waals surface area contributed by atoms with Gasteiger partial charge in [-0.25, -0.2) is 9.97 Å². The maximum Gasteiger partial charge on any atom is 0.222 e. The Hall–Kier alpha value is -2.43. The molecule has 0 bridgehead atoms. The van der Waals surface area contributed by atoms with Gasteiger partial charge in [-0.1, -0.05) is 57.5 Å². The lowest BCUT2D eigenvalue weighted by Gasteiger charge is -2.37. The zero-order chi connectivity index (χ0) is 22.5. The summed E-state index contributed by atoms with van der Waals surface area (Å²) in [6.45, 7) is 16.0. The summed E-state index contributed by atoms with van der Waals surface area (Å²) in [5.41, 5.74) is 4.82. The van der Waals surface area contributed by atoms with Gasteiger partial charge < -0.3 is 9.80 Å². The Labute approximate surface area is 187 Å². The van der Waals surface area contributed by atoms with Crippen LogP contribution in [-0.2, 0) is 11.2 Å². The fourth-order valence-electron chi connectivity index (χ4n) is 4.03. The van der Waals surface area contributed by atoms with Gasteiger partial charge in [0.1, 0.15) is 11.6 Å². The number of carbonyl (C=O) groups excluding carboxylic acids is 1. The van der Waals surface area contributed by atoms with E-state index in [9.17, 15) is 4.79 Å². The first-order valence-corrected chi connectivity index (χ1v) is 11.7. The van der Waals surface area contributed by atoms with Crippen molar-refractivity contribution in [3.8, 4) is 0 Å². The molecule has 1 aromatic heterocycles. The molecule has 1 unspecified atom stereocenters. The molecule has 1 saturated heterocycles. The van der Waals surface area contributed by atoms with Crippen LogP contribution in [-0.4, -0.2) is 47.0 Å². The molecule has 0 radical (unpaired) electrons. The number of anilines is 1. The van der Waals surface area contributed by atoms with Gasteiger partial charge in [-0.2, -0.15) is 0 Å². The normalized spacial score (nSPS) is 15.5. The van der Waals surface area contributed by atoms with Crippen molar-refractivity contribution in [1.82, 2.24) is 14.9 Å². The number of nitrogens with zero attached hydrogens (tertiary/aromatic N) is 4. The third-order valence-corrected chi connectivity index (χ3v) is 6.28. The van der Waals surface area contributed by atoms with Crippen LogP contribution in [0.4, 0.5) is 5.82 Å². The fraction of sp³-hybridized carbons (Fsp3) is 0.577. The van der Waals surface area contributed by atoms with Crippen LogP contribution in [0.3, 0.4) is 0 Å². The Morgan fingerprint density at radius 3 is 2.23 bits per heavy atom. The molecule has 1 atom stereocenters. The molecular formula is C26H38N4O. The van der Waals surface area contributed by atoms with Gasteiger partial charge in [0.25, 0.3) is 0 Å².